The van der Waals surface area contributed by atoms with Crippen LogP contribution < -0.4 is 9.47 Å². The summed E-state index contributed by atoms with van der Waals surface area (Å²) in [5.41, 5.74) is 2.69. The number of carbonyl (C=O) groups excluding carboxylic acids is 1. The molecular formula is C29H32O5. The Hall–Kier alpha value is -3.57. The summed E-state index contributed by atoms with van der Waals surface area (Å²) in [6.07, 6.45) is 4.18. The van der Waals surface area contributed by atoms with Gasteiger partial charge in [0.2, 0.25) is 0 Å². The summed E-state index contributed by atoms with van der Waals surface area (Å²) < 4.78 is 17.2. The molecule has 178 valence electrons. The number of benzene rings is 3. The van der Waals surface area contributed by atoms with Gasteiger partial charge in [-0.2, -0.15) is 0 Å². The molecule has 0 heterocycles. The lowest BCUT2D eigenvalue weighted by atomic mass is 9.96. The highest BCUT2D eigenvalue weighted by Crippen LogP contribution is 2.36. The molecule has 34 heavy (non-hydrogen) atoms. The number of methoxy groups -OCH3 is 1. The van der Waals surface area contributed by atoms with Crippen LogP contribution in [0.5, 0.6) is 11.5 Å². The maximum absolute atomic E-state index is 12.3. The van der Waals surface area contributed by atoms with E-state index in [2.05, 4.69) is 0 Å². The van der Waals surface area contributed by atoms with Crippen LogP contribution in [0.1, 0.15) is 42.5 Å². The van der Waals surface area contributed by atoms with Crippen molar-refractivity contribution in [2.75, 3.05) is 7.11 Å². The minimum Gasteiger partial charge on any atom is -0.496 e. The number of rotatable bonds is 11. The molecule has 0 saturated carbocycles. The van der Waals surface area contributed by atoms with Gasteiger partial charge in [-0.25, -0.2) is 4.79 Å². The number of hydrogen-bond donors (Lipinski definition) is 1. The molecule has 3 rings (SSSR count). The van der Waals surface area contributed by atoms with Gasteiger partial charge in [0.25, 0.3) is 0 Å². The zero-order valence-corrected chi connectivity index (χ0v) is 20.0. The maximum Gasteiger partial charge on any atom is 0.331 e. The number of hydrogen-bond acceptors (Lipinski definition) is 5. The first-order chi connectivity index (χ1) is 16.4. The largest absolute Gasteiger partial charge is 0.496 e. The van der Waals surface area contributed by atoms with Gasteiger partial charge in [-0.05, 0) is 56.0 Å². The predicted octanol–water partition coefficient (Wildman–Crippen LogP) is 5.73. The molecule has 3 aromatic carbocycles. The fourth-order valence-corrected chi connectivity index (χ4v) is 3.45. The second-order valence-electron chi connectivity index (χ2n) is 8.68. The highest BCUT2D eigenvalue weighted by atomic mass is 16.5. The second kappa shape index (κ2) is 12.1. The topological polar surface area (TPSA) is 65.0 Å². The molecule has 5 heteroatoms. The van der Waals surface area contributed by atoms with Gasteiger partial charge < -0.3 is 19.3 Å². The summed E-state index contributed by atoms with van der Waals surface area (Å²) in [5, 5.41) is 10.3. The first-order valence-corrected chi connectivity index (χ1v) is 11.3. The van der Waals surface area contributed by atoms with Gasteiger partial charge in [0.15, 0.2) is 0 Å². The van der Waals surface area contributed by atoms with Gasteiger partial charge in [0, 0.05) is 17.2 Å². The lowest BCUT2D eigenvalue weighted by molar-refractivity contribution is -0.138. The summed E-state index contributed by atoms with van der Waals surface area (Å²) in [7, 11) is 1.61. The molecule has 0 atom stereocenters. The number of aliphatic hydroxyl groups is 1. The van der Waals surface area contributed by atoms with E-state index in [4.69, 9.17) is 14.2 Å². The summed E-state index contributed by atoms with van der Waals surface area (Å²) in [6.45, 7) is 4.12. The van der Waals surface area contributed by atoms with Crippen molar-refractivity contribution in [2.45, 2.75) is 45.5 Å². The third-order valence-electron chi connectivity index (χ3n) is 5.30. The fourth-order valence-electron chi connectivity index (χ4n) is 3.45. The van der Waals surface area contributed by atoms with Crippen molar-refractivity contribution in [1.29, 1.82) is 0 Å². The third kappa shape index (κ3) is 7.78. The van der Waals surface area contributed by atoms with Crippen LogP contribution in [0, 0.1) is 0 Å². The maximum atomic E-state index is 12.3. The van der Waals surface area contributed by atoms with Crippen LogP contribution in [-0.4, -0.2) is 23.8 Å². The number of ether oxygens (including phenoxy) is 3. The van der Waals surface area contributed by atoms with Gasteiger partial charge >= 0.3 is 5.97 Å². The van der Waals surface area contributed by atoms with Crippen molar-refractivity contribution in [3.8, 4) is 11.5 Å². The van der Waals surface area contributed by atoms with Crippen LogP contribution in [-0.2, 0) is 29.2 Å². The van der Waals surface area contributed by atoms with Crippen molar-refractivity contribution in [1.82, 2.24) is 0 Å². The van der Waals surface area contributed by atoms with Crippen LogP contribution >= 0.6 is 0 Å². The zero-order valence-electron chi connectivity index (χ0n) is 20.0. The summed E-state index contributed by atoms with van der Waals surface area (Å²) in [5.74, 6) is 0.863. The van der Waals surface area contributed by atoms with Gasteiger partial charge in [-0.1, -0.05) is 60.7 Å². The van der Waals surface area contributed by atoms with Gasteiger partial charge in [-0.3, -0.25) is 0 Å². The van der Waals surface area contributed by atoms with E-state index < -0.39 is 11.6 Å². The Morgan fingerprint density at radius 3 is 2.12 bits per heavy atom. The van der Waals surface area contributed by atoms with E-state index in [1.54, 1.807) is 27.0 Å². The molecule has 0 aliphatic rings. The van der Waals surface area contributed by atoms with Gasteiger partial charge in [0.1, 0.15) is 24.7 Å². The Morgan fingerprint density at radius 2 is 1.53 bits per heavy atom. The van der Waals surface area contributed by atoms with Crippen molar-refractivity contribution >= 4 is 12.0 Å². The molecular weight excluding hydrogens is 428 g/mol. The molecule has 0 fully saturated rings. The van der Waals surface area contributed by atoms with E-state index in [1.165, 1.54) is 6.08 Å². The minimum absolute atomic E-state index is 0.209. The molecule has 1 N–H and O–H groups in total. The average Bonchev–Trinajstić information content (AvgIpc) is 2.84. The number of esters is 1. The van der Waals surface area contributed by atoms with Crippen LogP contribution in [0.25, 0.3) is 6.08 Å². The lowest BCUT2D eigenvalue weighted by Gasteiger charge is -2.21. The third-order valence-corrected chi connectivity index (χ3v) is 5.30. The molecule has 0 aromatic heterocycles. The van der Waals surface area contributed by atoms with E-state index in [9.17, 15) is 9.90 Å². The Bertz CT molecular complexity index is 1080. The predicted molar refractivity (Wildman–Crippen MR) is 134 cm³/mol. The zero-order chi connectivity index (χ0) is 24.4. The van der Waals surface area contributed by atoms with Crippen molar-refractivity contribution < 1.29 is 24.1 Å². The van der Waals surface area contributed by atoms with Crippen molar-refractivity contribution in [2.24, 2.45) is 0 Å². The summed E-state index contributed by atoms with van der Waals surface area (Å²) >= 11 is 0. The van der Waals surface area contributed by atoms with Crippen LogP contribution in [0.15, 0.2) is 78.9 Å². The molecule has 0 amide bonds. The molecule has 0 aliphatic heterocycles. The minimum atomic E-state index is -0.838. The van der Waals surface area contributed by atoms with Gasteiger partial charge in [-0.15, -0.1) is 0 Å². The molecule has 0 spiro atoms. The summed E-state index contributed by atoms with van der Waals surface area (Å²) in [6, 6.07) is 23.1. The Labute approximate surface area is 201 Å². The van der Waals surface area contributed by atoms with Crippen LogP contribution in [0.4, 0.5) is 0 Å². The highest BCUT2D eigenvalue weighted by molar-refractivity contribution is 5.87. The average molecular weight is 461 g/mol. The molecule has 0 radical (unpaired) electrons. The molecule has 3 aromatic rings. The molecule has 0 bridgehead atoms. The normalized spacial score (nSPS) is 11.4. The standard InChI is InChI=1S/C29H32O5/c1-29(2,31)19-18-25-26(32-3)16-14-24(28(25)34-21-23-12-8-5-9-13-23)15-17-27(30)33-20-22-10-6-4-7-11-22/h4-17,31H,18-21H2,1-3H3. The molecule has 0 saturated heterocycles. The SMILES string of the molecule is COc1ccc(C=CC(=O)OCc2ccccc2)c(OCc2ccccc2)c1CCC(C)(C)O. The molecule has 0 aliphatic carbocycles. The van der Waals surface area contributed by atoms with E-state index in [0.29, 0.717) is 30.9 Å². The molecule has 0 unspecified atom stereocenters. The lowest BCUT2D eigenvalue weighted by Crippen LogP contribution is -2.19. The van der Waals surface area contributed by atoms with E-state index in [0.717, 1.165) is 22.3 Å². The fraction of sp³-hybridized carbons (Fsp3) is 0.276. The Kier molecular flexibility index (Phi) is 8.88. The highest BCUT2D eigenvalue weighted by Gasteiger charge is 2.19. The Balaban J connectivity index is 1.84. The summed E-state index contributed by atoms with van der Waals surface area (Å²) in [4.78, 5) is 12.3. The Morgan fingerprint density at radius 1 is 0.912 bits per heavy atom. The number of carbonyl (C=O) groups is 1. The quantitative estimate of drug-likeness (QED) is 0.292. The molecule has 5 nitrogen and oxygen atoms in total. The van der Waals surface area contributed by atoms with Crippen molar-refractivity contribution in [3.63, 3.8) is 0 Å². The van der Waals surface area contributed by atoms with Crippen LogP contribution in [0.2, 0.25) is 0 Å². The smallest absolute Gasteiger partial charge is 0.331 e. The van der Waals surface area contributed by atoms with E-state index in [-0.39, 0.29) is 6.61 Å². The monoisotopic (exact) mass is 460 g/mol. The first-order valence-electron chi connectivity index (χ1n) is 11.3. The second-order valence-corrected chi connectivity index (χ2v) is 8.68. The van der Waals surface area contributed by atoms with Crippen molar-refractivity contribution in [3.05, 3.63) is 101 Å². The van der Waals surface area contributed by atoms with E-state index >= 15 is 0 Å². The van der Waals surface area contributed by atoms with Crippen LogP contribution in [0.3, 0.4) is 0 Å². The van der Waals surface area contributed by atoms with Gasteiger partial charge in [0.05, 0.1) is 12.7 Å². The first kappa shape index (κ1) is 25.1. The van der Waals surface area contributed by atoms with E-state index in [1.807, 2.05) is 72.8 Å².